The maximum atomic E-state index is 11.9. The Morgan fingerprint density at radius 2 is 2.00 bits per heavy atom. The average molecular weight is 328 g/mol. The number of nitrogens with one attached hydrogen (secondary N) is 3. The molecule has 2 unspecified atom stereocenters. The summed E-state index contributed by atoms with van der Waals surface area (Å²) < 4.78 is 0. The van der Waals surface area contributed by atoms with Crippen LogP contribution >= 0.6 is 0 Å². The zero-order valence-electron chi connectivity index (χ0n) is 14.0. The van der Waals surface area contributed by atoms with E-state index in [4.69, 9.17) is 0 Å². The summed E-state index contributed by atoms with van der Waals surface area (Å²) in [5.41, 5.74) is -0.176. The molecule has 6 nitrogen and oxygen atoms in total. The van der Waals surface area contributed by atoms with Crippen LogP contribution in [0, 0.1) is 0 Å². The van der Waals surface area contributed by atoms with Gasteiger partial charge in [0.15, 0.2) is 5.82 Å². The Bertz CT molecular complexity index is 771. The summed E-state index contributed by atoms with van der Waals surface area (Å²) in [7, 11) is 0. The third kappa shape index (κ3) is 3.75. The number of hydrogen-bond donors (Lipinski definition) is 3. The predicted molar refractivity (Wildman–Crippen MR) is 95.1 cm³/mol. The van der Waals surface area contributed by atoms with Gasteiger partial charge in [-0.15, -0.1) is 0 Å². The summed E-state index contributed by atoms with van der Waals surface area (Å²) in [6.45, 7) is 2.01. The van der Waals surface area contributed by atoms with Gasteiger partial charge in [0.1, 0.15) is 0 Å². The highest BCUT2D eigenvalue weighted by Crippen LogP contribution is 2.24. The van der Waals surface area contributed by atoms with E-state index in [9.17, 15) is 9.59 Å². The fourth-order valence-electron chi connectivity index (χ4n) is 3.40. The van der Waals surface area contributed by atoms with Crippen molar-refractivity contribution < 1.29 is 4.79 Å². The zero-order valence-corrected chi connectivity index (χ0v) is 14.0. The molecule has 0 aliphatic heterocycles. The minimum atomic E-state index is -0.176. The molecular formula is C18H24N4O2. The smallest absolute Gasteiger partial charge is 0.272 e. The standard InChI is InChI=1S/C18H24N4O2/c1-2-6-16(23)19-12-7-5-8-13(11-12)20-17-14-9-3-4-10-15(14)18(24)22-21-17/h3-4,9-10,12-13H,2,5-8,11H2,1H3,(H,19,23)(H,20,21)(H,22,24). The number of anilines is 1. The maximum Gasteiger partial charge on any atom is 0.272 e. The van der Waals surface area contributed by atoms with Crippen molar-refractivity contribution in [3.63, 3.8) is 0 Å². The molecule has 1 heterocycles. The van der Waals surface area contributed by atoms with Crippen molar-refractivity contribution in [3.05, 3.63) is 34.6 Å². The lowest BCUT2D eigenvalue weighted by Crippen LogP contribution is -2.41. The summed E-state index contributed by atoms with van der Waals surface area (Å²) in [6, 6.07) is 7.92. The molecule has 0 saturated heterocycles. The lowest BCUT2D eigenvalue weighted by atomic mass is 9.90. The Kier molecular flexibility index (Phi) is 5.13. The van der Waals surface area contributed by atoms with Gasteiger partial charge in [0.25, 0.3) is 5.56 Å². The van der Waals surface area contributed by atoms with E-state index in [2.05, 4.69) is 20.8 Å². The number of benzene rings is 1. The highest BCUT2D eigenvalue weighted by molar-refractivity contribution is 5.90. The largest absolute Gasteiger partial charge is 0.365 e. The van der Waals surface area contributed by atoms with Crippen molar-refractivity contribution >= 4 is 22.5 Å². The highest BCUT2D eigenvalue weighted by atomic mass is 16.1. The molecule has 3 N–H and O–H groups in total. The van der Waals surface area contributed by atoms with Gasteiger partial charge in [-0.3, -0.25) is 9.59 Å². The Labute approximate surface area is 141 Å². The highest BCUT2D eigenvalue weighted by Gasteiger charge is 2.23. The van der Waals surface area contributed by atoms with Crippen LogP contribution < -0.4 is 16.2 Å². The van der Waals surface area contributed by atoms with E-state index in [1.807, 2.05) is 25.1 Å². The molecule has 3 rings (SSSR count). The van der Waals surface area contributed by atoms with E-state index >= 15 is 0 Å². The molecule has 2 aromatic rings. The van der Waals surface area contributed by atoms with E-state index in [1.165, 1.54) is 0 Å². The SMILES string of the molecule is CCCC(=O)NC1CCCC(Nc2n[nH]c(=O)c3ccccc23)C1. The normalized spacial score (nSPS) is 20.7. The van der Waals surface area contributed by atoms with Gasteiger partial charge in [0, 0.05) is 23.9 Å². The molecule has 6 heteroatoms. The van der Waals surface area contributed by atoms with Crippen LogP contribution in [0.1, 0.15) is 45.4 Å². The van der Waals surface area contributed by atoms with Crippen LogP contribution in [0.15, 0.2) is 29.1 Å². The number of carbonyl (C=O) groups excluding carboxylic acids is 1. The molecule has 0 spiro atoms. The number of H-pyrrole nitrogens is 1. The molecule has 1 aromatic carbocycles. The van der Waals surface area contributed by atoms with E-state index in [0.717, 1.165) is 37.5 Å². The molecule has 1 saturated carbocycles. The number of fused-ring (bicyclic) bond motifs is 1. The first-order valence-electron chi connectivity index (χ1n) is 8.70. The van der Waals surface area contributed by atoms with Gasteiger partial charge in [0.05, 0.1) is 5.39 Å². The molecule has 128 valence electrons. The second-order valence-electron chi connectivity index (χ2n) is 6.47. The van der Waals surface area contributed by atoms with Crippen molar-refractivity contribution in [2.75, 3.05) is 5.32 Å². The second kappa shape index (κ2) is 7.47. The van der Waals surface area contributed by atoms with Gasteiger partial charge < -0.3 is 10.6 Å². The molecule has 0 bridgehead atoms. The molecule has 1 aliphatic rings. The lowest BCUT2D eigenvalue weighted by molar-refractivity contribution is -0.122. The monoisotopic (exact) mass is 328 g/mol. The van der Waals surface area contributed by atoms with Gasteiger partial charge in [-0.05, 0) is 38.2 Å². The predicted octanol–water partition coefficient (Wildman–Crippen LogP) is 2.56. The van der Waals surface area contributed by atoms with E-state index < -0.39 is 0 Å². The molecule has 0 radical (unpaired) electrons. The summed E-state index contributed by atoms with van der Waals surface area (Å²) in [6.07, 6.45) is 5.46. The van der Waals surface area contributed by atoms with Gasteiger partial charge in [-0.25, -0.2) is 5.10 Å². The first-order valence-corrected chi connectivity index (χ1v) is 8.70. The van der Waals surface area contributed by atoms with Gasteiger partial charge in [0.2, 0.25) is 5.91 Å². The van der Waals surface area contributed by atoms with E-state index in [0.29, 0.717) is 17.6 Å². The number of hydrogen-bond acceptors (Lipinski definition) is 4. The Morgan fingerprint density at radius 1 is 1.25 bits per heavy atom. The third-order valence-corrected chi connectivity index (χ3v) is 4.55. The third-order valence-electron chi connectivity index (χ3n) is 4.55. The molecule has 1 aliphatic carbocycles. The summed E-state index contributed by atoms with van der Waals surface area (Å²) in [5.74, 6) is 0.839. The van der Waals surface area contributed by atoms with Crippen LogP contribution in [0.25, 0.3) is 10.8 Å². The van der Waals surface area contributed by atoms with Gasteiger partial charge >= 0.3 is 0 Å². The quantitative estimate of drug-likeness (QED) is 0.787. The summed E-state index contributed by atoms with van der Waals surface area (Å²) in [5, 5.41) is 14.8. The van der Waals surface area contributed by atoms with E-state index in [-0.39, 0.29) is 23.6 Å². The Morgan fingerprint density at radius 3 is 2.79 bits per heavy atom. The summed E-state index contributed by atoms with van der Waals surface area (Å²) in [4.78, 5) is 23.7. The van der Waals surface area contributed by atoms with Crippen LogP contribution in [0.4, 0.5) is 5.82 Å². The van der Waals surface area contributed by atoms with Crippen molar-refractivity contribution in [3.8, 4) is 0 Å². The number of nitrogens with zero attached hydrogens (tertiary/aromatic N) is 1. The minimum Gasteiger partial charge on any atom is -0.365 e. The first kappa shape index (κ1) is 16.5. The van der Waals surface area contributed by atoms with Crippen molar-refractivity contribution in [2.24, 2.45) is 0 Å². The Hall–Kier alpha value is -2.37. The van der Waals surface area contributed by atoms with Crippen LogP contribution in [-0.2, 0) is 4.79 Å². The topological polar surface area (TPSA) is 86.9 Å². The van der Waals surface area contributed by atoms with Crippen molar-refractivity contribution in [1.82, 2.24) is 15.5 Å². The Balaban J connectivity index is 1.71. The maximum absolute atomic E-state index is 11.9. The number of aromatic nitrogens is 2. The van der Waals surface area contributed by atoms with E-state index in [1.54, 1.807) is 6.07 Å². The number of carbonyl (C=O) groups is 1. The van der Waals surface area contributed by atoms with Crippen LogP contribution in [-0.4, -0.2) is 28.2 Å². The molecule has 1 aromatic heterocycles. The fraction of sp³-hybridized carbons (Fsp3) is 0.500. The number of aromatic amines is 1. The number of rotatable bonds is 5. The van der Waals surface area contributed by atoms with Crippen molar-refractivity contribution in [2.45, 2.75) is 57.5 Å². The minimum absolute atomic E-state index is 0.135. The molecule has 1 fully saturated rings. The molecule has 24 heavy (non-hydrogen) atoms. The zero-order chi connectivity index (χ0) is 16.9. The van der Waals surface area contributed by atoms with Crippen LogP contribution in [0.2, 0.25) is 0 Å². The average Bonchev–Trinajstić information content (AvgIpc) is 2.58. The lowest BCUT2D eigenvalue weighted by Gasteiger charge is -2.30. The molecule has 1 amide bonds. The second-order valence-corrected chi connectivity index (χ2v) is 6.47. The van der Waals surface area contributed by atoms with Gasteiger partial charge in [-0.1, -0.05) is 25.1 Å². The summed E-state index contributed by atoms with van der Waals surface area (Å²) >= 11 is 0. The van der Waals surface area contributed by atoms with Gasteiger partial charge in [-0.2, -0.15) is 5.10 Å². The molecule has 2 atom stereocenters. The number of amides is 1. The van der Waals surface area contributed by atoms with Crippen LogP contribution in [0.5, 0.6) is 0 Å². The fourth-order valence-corrected chi connectivity index (χ4v) is 3.40. The van der Waals surface area contributed by atoms with Crippen molar-refractivity contribution in [1.29, 1.82) is 0 Å². The van der Waals surface area contributed by atoms with Crippen LogP contribution in [0.3, 0.4) is 0 Å². The molecular weight excluding hydrogens is 304 g/mol. The first-order chi connectivity index (χ1) is 11.7.